The predicted molar refractivity (Wildman–Crippen MR) is 209 cm³/mol. The lowest BCUT2D eigenvalue weighted by atomic mass is 10.0. The minimum absolute atomic E-state index is 0.361. The zero-order valence-electron chi connectivity index (χ0n) is 27.2. The molecular weight excluding hydrogens is 609 g/mol. The van der Waals surface area contributed by atoms with Crippen molar-refractivity contribution >= 4 is 55.0 Å². The highest BCUT2D eigenvalue weighted by molar-refractivity contribution is 6.15. The van der Waals surface area contributed by atoms with Crippen LogP contribution in [0.2, 0.25) is 0 Å². The fourth-order valence-corrected chi connectivity index (χ4v) is 7.60. The molecule has 7 aromatic carbocycles. The molecule has 0 amide bonds. The van der Waals surface area contributed by atoms with E-state index >= 15 is 0 Å². The summed E-state index contributed by atoms with van der Waals surface area (Å²) in [4.78, 5) is 5.17. The molecule has 0 fully saturated rings. The molecule has 0 radical (unpaired) electrons. The van der Waals surface area contributed by atoms with Gasteiger partial charge < -0.3 is 14.5 Å². The highest BCUT2D eigenvalue weighted by Gasteiger charge is 2.18. The van der Waals surface area contributed by atoms with Crippen molar-refractivity contribution in [3.63, 3.8) is 0 Å². The summed E-state index contributed by atoms with van der Waals surface area (Å²) in [5, 5.41) is 10.3. The second-order valence-electron chi connectivity index (χ2n) is 12.8. The molecule has 2 aromatic heterocycles. The Hall–Kier alpha value is -6.65. The number of allylic oxidation sites excluding steroid dienone is 1. The maximum absolute atomic E-state index is 5.35. The zero-order valence-corrected chi connectivity index (χ0v) is 27.2. The Morgan fingerprint density at radius 1 is 0.420 bits per heavy atom. The molecule has 0 saturated heterocycles. The molecule has 1 aliphatic rings. The predicted octanol–water partition coefficient (Wildman–Crippen LogP) is 11.8. The van der Waals surface area contributed by atoms with E-state index in [0.717, 1.165) is 39.5 Å². The van der Waals surface area contributed by atoms with Crippen LogP contribution in [0.3, 0.4) is 0 Å². The first-order valence-electron chi connectivity index (χ1n) is 17.0. The lowest BCUT2D eigenvalue weighted by Gasteiger charge is -2.37. The van der Waals surface area contributed by atoms with Crippen LogP contribution < -0.4 is 0 Å². The summed E-state index contributed by atoms with van der Waals surface area (Å²) < 4.78 is 4.80. The third-order valence-corrected chi connectivity index (χ3v) is 9.84. The fraction of sp³-hybridized carbons (Fsp3) is 0.0217. The third-order valence-electron chi connectivity index (χ3n) is 9.84. The van der Waals surface area contributed by atoms with Crippen LogP contribution in [0.5, 0.6) is 0 Å². The number of para-hydroxylation sites is 4. The highest BCUT2D eigenvalue weighted by Crippen LogP contribution is 2.41. The molecule has 10 rings (SSSR count). The van der Waals surface area contributed by atoms with Gasteiger partial charge in [-0.3, -0.25) is 4.99 Å². The first-order chi connectivity index (χ1) is 24.8. The summed E-state index contributed by atoms with van der Waals surface area (Å²) in [5.74, 6) is 0. The van der Waals surface area contributed by atoms with Gasteiger partial charge in [0.1, 0.15) is 0 Å². The van der Waals surface area contributed by atoms with Gasteiger partial charge >= 0.3 is 0 Å². The first-order valence-corrected chi connectivity index (χ1v) is 17.0. The van der Waals surface area contributed by atoms with Gasteiger partial charge in [0, 0.05) is 39.1 Å². The van der Waals surface area contributed by atoms with Gasteiger partial charge in [0.25, 0.3) is 0 Å². The van der Waals surface area contributed by atoms with E-state index in [4.69, 9.17) is 10.3 Å². The number of hydrogen-bond acceptors (Lipinski definition) is 1. The average Bonchev–Trinajstić information content (AvgIpc) is 3.71. The second kappa shape index (κ2) is 11.5. The van der Waals surface area contributed by atoms with Crippen molar-refractivity contribution in [3.8, 4) is 11.4 Å². The molecule has 4 nitrogen and oxygen atoms in total. The van der Waals surface area contributed by atoms with Crippen molar-refractivity contribution < 1.29 is 0 Å². The lowest BCUT2D eigenvalue weighted by Crippen LogP contribution is -2.10. The second-order valence-corrected chi connectivity index (χ2v) is 12.8. The zero-order chi connectivity index (χ0) is 33.0. The number of aromatic nitrogens is 2. The van der Waals surface area contributed by atoms with Crippen LogP contribution in [0.15, 0.2) is 187 Å². The molecule has 1 unspecified atom stereocenters. The maximum Gasteiger partial charge on any atom is 0.0623 e. The number of rotatable bonds is 5. The van der Waals surface area contributed by atoms with Crippen LogP contribution in [0.1, 0.15) is 22.9 Å². The van der Waals surface area contributed by atoms with Gasteiger partial charge in [-0.05, 0) is 59.2 Å². The molecule has 0 saturated carbocycles. The topological polar surface area (TPSA) is 36.3 Å². The molecule has 3 heterocycles. The Labute approximate surface area is 289 Å². The van der Waals surface area contributed by atoms with E-state index in [1.165, 1.54) is 43.6 Å². The number of aliphatic imine (C=N–C) groups is 1. The fourth-order valence-electron chi connectivity index (χ4n) is 7.60. The summed E-state index contributed by atoms with van der Waals surface area (Å²) in [6, 6.07) is 62.5. The Bertz CT molecular complexity index is 2550. The third kappa shape index (κ3) is 4.57. The Kier molecular flexibility index (Phi) is 6.53. The Balaban J connectivity index is 1.27. The molecule has 236 valence electrons. The number of benzene rings is 7. The van der Waals surface area contributed by atoms with Crippen molar-refractivity contribution in [2.24, 2.45) is 4.99 Å². The van der Waals surface area contributed by atoms with Gasteiger partial charge in [-0.1, -0.05) is 140 Å². The van der Waals surface area contributed by atoms with E-state index in [1.807, 2.05) is 12.1 Å². The van der Waals surface area contributed by atoms with Crippen LogP contribution in [0.4, 0.5) is 0 Å². The van der Waals surface area contributed by atoms with Crippen LogP contribution in [-0.4, -0.2) is 14.8 Å². The normalized spacial score (nSPS) is 14.6. The van der Waals surface area contributed by atoms with Gasteiger partial charge in [-0.2, -0.15) is 0 Å². The van der Waals surface area contributed by atoms with E-state index in [-0.39, 0.29) is 6.17 Å². The highest BCUT2D eigenvalue weighted by atomic mass is 15.1. The molecule has 1 atom stereocenters. The monoisotopic (exact) mass is 639 g/mol. The van der Waals surface area contributed by atoms with Crippen molar-refractivity contribution in [1.29, 1.82) is 0 Å². The molecule has 0 bridgehead atoms. The number of nitrogens with zero attached hydrogens (tertiary/aromatic N) is 4. The average molecular weight is 640 g/mol. The number of hydrogen-bond donors (Lipinski definition) is 0. The smallest absolute Gasteiger partial charge is 0.0623 e. The molecule has 0 spiro atoms. The molecule has 4 heteroatoms. The standard InChI is InChI=1S/C46H31N4/c1-3-15-31(16-4-1)40-30-41(48-46(47-40)32-17-5-2-6-18-32)33-27-34(49-42-23-11-7-19-36(42)37-20-8-12-24-43(37)49)29-35(28-33)50-44-25-13-9-21-38(44)39-22-10-14-26-45(39)50/h1-30,46H/q-1. The van der Waals surface area contributed by atoms with Gasteiger partial charge in [-0.25, -0.2) is 0 Å². The quantitative estimate of drug-likeness (QED) is 0.180. The van der Waals surface area contributed by atoms with E-state index in [2.05, 4.69) is 179 Å². The molecular formula is C46H31N4-. The molecule has 0 N–H and O–H groups in total. The van der Waals surface area contributed by atoms with E-state index < -0.39 is 0 Å². The van der Waals surface area contributed by atoms with Crippen molar-refractivity contribution in [1.82, 2.24) is 9.13 Å². The SMILES string of the molecule is C1=C(c2cc(-n3c4ccccc4c4ccccc43)cc(-n3c4ccccc4c4ccccc43)c2)[N-]C(c2ccccc2)N=C1c1ccccc1. The minimum Gasteiger partial charge on any atom is -0.659 e. The van der Waals surface area contributed by atoms with Gasteiger partial charge in [-0.15, -0.1) is 5.70 Å². The van der Waals surface area contributed by atoms with Crippen molar-refractivity contribution in [2.75, 3.05) is 0 Å². The summed E-state index contributed by atoms with van der Waals surface area (Å²) in [6.07, 6.45) is 1.79. The Morgan fingerprint density at radius 3 is 1.32 bits per heavy atom. The summed E-state index contributed by atoms with van der Waals surface area (Å²) >= 11 is 0. The van der Waals surface area contributed by atoms with Crippen molar-refractivity contribution in [3.05, 3.63) is 204 Å². The summed E-state index contributed by atoms with van der Waals surface area (Å²) in [6.45, 7) is 0. The Morgan fingerprint density at radius 2 is 0.840 bits per heavy atom. The van der Waals surface area contributed by atoms with E-state index in [0.29, 0.717) is 0 Å². The van der Waals surface area contributed by atoms with Crippen LogP contribution in [0.25, 0.3) is 66.0 Å². The lowest BCUT2D eigenvalue weighted by molar-refractivity contribution is 0.879. The van der Waals surface area contributed by atoms with Crippen LogP contribution in [-0.2, 0) is 0 Å². The number of fused-ring (bicyclic) bond motifs is 6. The maximum atomic E-state index is 5.35. The van der Waals surface area contributed by atoms with E-state index in [1.54, 1.807) is 0 Å². The van der Waals surface area contributed by atoms with Gasteiger partial charge in [0.2, 0.25) is 0 Å². The van der Waals surface area contributed by atoms with Crippen molar-refractivity contribution in [2.45, 2.75) is 6.17 Å². The van der Waals surface area contributed by atoms with E-state index in [9.17, 15) is 0 Å². The van der Waals surface area contributed by atoms with Gasteiger partial charge in [0.05, 0.1) is 27.8 Å². The minimum atomic E-state index is -0.361. The molecule has 1 aliphatic heterocycles. The first kappa shape index (κ1) is 28.4. The molecule has 50 heavy (non-hydrogen) atoms. The van der Waals surface area contributed by atoms with Crippen LogP contribution >= 0.6 is 0 Å². The summed E-state index contributed by atoms with van der Waals surface area (Å²) in [5.41, 5.74) is 11.8. The molecule has 0 aliphatic carbocycles. The van der Waals surface area contributed by atoms with Gasteiger partial charge in [0.15, 0.2) is 0 Å². The summed E-state index contributed by atoms with van der Waals surface area (Å²) in [7, 11) is 0. The molecule has 9 aromatic rings. The largest absolute Gasteiger partial charge is 0.659 e. The van der Waals surface area contributed by atoms with Crippen LogP contribution in [0, 0.1) is 0 Å².